The second-order valence-electron chi connectivity index (χ2n) is 4.73. The normalized spacial score (nSPS) is 13.4. The van der Waals surface area contributed by atoms with E-state index in [4.69, 9.17) is 5.73 Å². The molecule has 0 aliphatic carbocycles. The highest BCUT2D eigenvalue weighted by Gasteiger charge is 2.25. The number of aryl methyl sites for hydroxylation is 1. The molecule has 1 rings (SSSR count). The molecule has 0 aliphatic rings. The van der Waals surface area contributed by atoms with Crippen LogP contribution < -0.4 is 16.4 Å². The summed E-state index contributed by atoms with van der Waals surface area (Å²) in [6, 6.07) is 6.16. The largest absolute Gasteiger partial charge is 0.352 e. The topological polar surface area (TPSA) is 84.2 Å². The van der Waals surface area contributed by atoms with E-state index < -0.39 is 12.1 Å². The third-order valence-electron chi connectivity index (χ3n) is 3.11. The van der Waals surface area contributed by atoms with Crippen molar-refractivity contribution < 1.29 is 9.59 Å². The molecule has 0 aromatic heterocycles. The molecule has 0 bridgehead atoms. The average Bonchev–Trinajstić information content (AvgIpc) is 2.37. The first kappa shape index (κ1) is 15.0. The number of nitrogens with one attached hydrogen (secondary N) is 2. The summed E-state index contributed by atoms with van der Waals surface area (Å²) in [5.74, 6) is -0.241. The van der Waals surface area contributed by atoms with Crippen molar-refractivity contribution >= 4 is 17.6 Å². The highest BCUT2D eigenvalue weighted by Crippen LogP contribution is 2.13. The zero-order chi connectivity index (χ0) is 14.4. The molecule has 4 N–H and O–H groups in total. The molecule has 1 aromatic rings. The van der Waals surface area contributed by atoms with Crippen LogP contribution in [0.2, 0.25) is 0 Å². The van der Waals surface area contributed by atoms with E-state index in [0.717, 1.165) is 12.0 Å². The number of anilines is 1. The third kappa shape index (κ3) is 4.62. The van der Waals surface area contributed by atoms with Crippen LogP contribution in [0.3, 0.4) is 0 Å². The summed E-state index contributed by atoms with van der Waals surface area (Å²) in [4.78, 5) is 23.1. The lowest BCUT2D eigenvalue weighted by Gasteiger charge is -2.22. The van der Waals surface area contributed by atoms with E-state index in [1.165, 1.54) is 0 Å². The Bertz CT molecular complexity index is 443. The van der Waals surface area contributed by atoms with Gasteiger partial charge in [-0.05, 0) is 25.0 Å². The first-order chi connectivity index (χ1) is 8.93. The number of nitrogens with two attached hydrogens (primary N) is 1. The maximum absolute atomic E-state index is 12.2. The zero-order valence-corrected chi connectivity index (χ0v) is 11.6. The molecule has 104 valence electrons. The van der Waals surface area contributed by atoms with E-state index in [9.17, 15) is 9.59 Å². The van der Waals surface area contributed by atoms with Gasteiger partial charge in [0.15, 0.2) is 0 Å². The number of primary amides is 1. The lowest BCUT2D eigenvalue weighted by Crippen LogP contribution is -2.49. The molecule has 0 spiro atoms. The second kappa shape index (κ2) is 6.78. The van der Waals surface area contributed by atoms with Crippen molar-refractivity contribution in [3.8, 4) is 0 Å². The molecule has 5 nitrogen and oxygen atoms in total. The van der Waals surface area contributed by atoms with Crippen molar-refractivity contribution in [3.05, 3.63) is 29.8 Å². The maximum atomic E-state index is 12.2. The molecule has 0 saturated carbocycles. The number of amides is 3. The Labute approximate surface area is 113 Å². The second-order valence-corrected chi connectivity index (χ2v) is 4.73. The number of rotatable bonds is 5. The fraction of sp³-hybridized carbons (Fsp3) is 0.429. The van der Waals surface area contributed by atoms with Crippen LogP contribution in [0, 0.1) is 12.8 Å². The Morgan fingerprint density at radius 3 is 2.32 bits per heavy atom. The molecule has 2 atom stereocenters. The summed E-state index contributed by atoms with van der Waals surface area (Å²) in [5, 5.41) is 5.27. The maximum Gasteiger partial charge on any atom is 0.312 e. The number of carbonyl (C=O) groups excluding carboxylic acids is 2. The Morgan fingerprint density at radius 2 is 1.84 bits per heavy atom. The number of urea groups is 1. The first-order valence-electron chi connectivity index (χ1n) is 6.37. The summed E-state index contributed by atoms with van der Waals surface area (Å²) in [5.41, 5.74) is 6.93. The molecule has 1 aromatic carbocycles. The zero-order valence-electron chi connectivity index (χ0n) is 11.6. The molecule has 3 amide bonds. The van der Waals surface area contributed by atoms with E-state index in [-0.39, 0.29) is 11.8 Å². The SMILES string of the molecule is CC[C@H](C)[C@@H](NC(N)=O)C(=O)Nc1ccc(C)cc1. The predicted molar refractivity (Wildman–Crippen MR) is 75.8 cm³/mol. The van der Waals surface area contributed by atoms with Gasteiger partial charge in [0.05, 0.1) is 0 Å². The quantitative estimate of drug-likeness (QED) is 0.759. The van der Waals surface area contributed by atoms with Gasteiger partial charge in [0.1, 0.15) is 6.04 Å². The first-order valence-corrected chi connectivity index (χ1v) is 6.37. The van der Waals surface area contributed by atoms with E-state index in [1.54, 1.807) is 0 Å². The molecule has 0 radical (unpaired) electrons. The molecule has 0 unspecified atom stereocenters. The van der Waals surface area contributed by atoms with Gasteiger partial charge in [-0.3, -0.25) is 4.79 Å². The highest BCUT2D eigenvalue weighted by molar-refractivity contribution is 5.97. The van der Waals surface area contributed by atoms with Gasteiger partial charge < -0.3 is 16.4 Å². The lowest BCUT2D eigenvalue weighted by atomic mass is 9.98. The van der Waals surface area contributed by atoms with Crippen molar-refractivity contribution in [1.29, 1.82) is 0 Å². The smallest absolute Gasteiger partial charge is 0.312 e. The van der Waals surface area contributed by atoms with Gasteiger partial charge in [-0.25, -0.2) is 4.79 Å². The molecular weight excluding hydrogens is 242 g/mol. The van der Waals surface area contributed by atoms with Crippen LogP contribution in [0.5, 0.6) is 0 Å². The van der Waals surface area contributed by atoms with E-state index in [1.807, 2.05) is 45.0 Å². The van der Waals surface area contributed by atoms with Gasteiger partial charge in [0.2, 0.25) is 5.91 Å². The summed E-state index contributed by atoms with van der Waals surface area (Å²) < 4.78 is 0. The molecular formula is C14H21N3O2. The number of carbonyl (C=O) groups is 2. The standard InChI is InChI=1S/C14H21N3O2/c1-4-10(3)12(17-14(15)19)13(18)16-11-7-5-9(2)6-8-11/h5-8,10,12H,4H2,1-3H3,(H,16,18)(H3,15,17,19)/t10-,12+/m0/s1. The van der Waals surface area contributed by atoms with Crippen molar-refractivity contribution in [2.75, 3.05) is 5.32 Å². The Hall–Kier alpha value is -2.04. The van der Waals surface area contributed by atoms with Gasteiger partial charge in [0.25, 0.3) is 0 Å². The van der Waals surface area contributed by atoms with Gasteiger partial charge in [-0.2, -0.15) is 0 Å². The minimum Gasteiger partial charge on any atom is -0.352 e. The minimum absolute atomic E-state index is 0.0120. The van der Waals surface area contributed by atoms with E-state index in [0.29, 0.717) is 5.69 Å². The molecule has 0 heterocycles. The minimum atomic E-state index is -0.690. The Balaban J connectivity index is 2.76. The summed E-state index contributed by atoms with van der Waals surface area (Å²) in [6.45, 7) is 5.83. The predicted octanol–water partition coefficient (Wildman–Crippen LogP) is 2.02. The third-order valence-corrected chi connectivity index (χ3v) is 3.11. The summed E-state index contributed by atoms with van der Waals surface area (Å²) in [6.07, 6.45) is 0.770. The molecule has 0 saturated heterocycles. The van der Waals surface area contributed by atoms with Crippen LogP contribution in [0.1, 0.15) is 25.8 Å². The van der Waals surface area contributed by atoms with Gasteiger partial charge in [-0.15, -0.1) is 0 Å². The summed E-state index contributed by atoms with van der Waals surface area (Å²) >= 11 is 0. The van der Waals surface area contributed by atoms with Crippen LogP contribution >= 0.6 is 0 Å². The Kier molecular flexibility index (Phi) is 5.36. The average molecular weight is 263 g/mol. The monoisotopic (exact) mass is 263 g/mol. The van der Waals surface area contributed by atoms with Gasteiger partial charge in [-0.1, -0.05) is 38.0 Å². The molecule has 19 heavy (non-hydrogen) atoms. The molecule has 0 fully saturated rings. The van der Waals surface area contributed by atoms with Crippen LogP contribution in [-0.4, -0.2) is 18.0 Å². The fourth-order valence-electron chi connectivity index (χ4n) is 1.71. The Morgan fingerprint density at radius 1 is 1.26 bits per heavy atom. The van der Waals surface area contributed by atoms with Crippen LogP contribution in [-0.2, 0) is 4.79 Å². The van der Waals surface area contributed by atoms with Crippen LogP contribution in [0.4, 0.5) is 10.5 Å². The van der Waals surface area contributed by atoms with Gasteiger partial charge in [0, 0.05) is 5.69 Å². The fourth-order valence-corrected chi connectivity index (χ4v) is 1.71. The molecule has 0 aliphatic heterocycles. The number of hydrogen-bond donors (Lipinski definition) is 3. The van der Waals surface area contributed by atoms with E-state index >= 15 is 0 Å². The number of hydrogen-bond acceptors (Lipinski definition) is 2. The van der Waals surface area contributed by atoms with Crippen LogP contribution in [0.25, 0.3) is 0 Å². The molecule has 5 heteroatoms. The lowest BCUT2D eigenvalue weighted by molar-refractivity contribution is -0.119. The van der Waals surface area contributed by atoms with Crippen molar-refractivity contribution in [2.24, 2.45) is 11.7 Å². The van der Waals surface area contributed by atoms with Crippen molar-refractivity contribution in [3.63, 3.8) is 0 Å². The van der Waals surface area contributed by atoms with Crippen LogP contribution in [0.15, 0.2) is 24.3 Å². The van der Waals surface area contributed by atoms with Crippen molar-refractivity contribution in [2.45, 2.75) is 33.2 Å². The summed E-state index contributed by atoms with van der Waals surface area (Å²) in [7, 11) is 0. The van der Waals surface area contributed by atoms with Gasteiger partial charge >= 0.3 is 6.03 Å². The van der Waals surface area contributed by atoms with E-state index in [2.05, 4.69) is 10.6 Å². The van der Waals surface area contributed by atoms with Crippen molar-refractivity contribution in [1.82, 2.24) is 5.32 Å². The highest BCUT2D eigenvalue weighted by atomic mass is 16.2. The number of benzene rings is 1.